The van der Waals surface area contributed by atoms with Gasteiger partial charge in [0.1, 0.15) is 50.0 Å². The molecular weight excluding hydrogens is 380 g/mol. The van der Waals surface area contributed by atoms with Crippen molar-refractivity contribution in [3.05, 3.63) is 24.3 Å². The molecule has 2 aliphatic rings. The number of quaternary nitrogens is 2. The molecule has 0 amide bonds. The standard InChI is InChI=1S/C24H42N2O4/c1-25(12-5-3-6-13-25)17-21(27)19-29-23-10-9-11-24(16-23)30-20-22(28)18-26(2)14-7-4-8-15-26/h9-11,16,21-22,27-28H,3-8,12-15,17-20H2,1-2H3/q+2. The lowest BCUT2D eigenvalue weighted by molar-refractivity contribution is -0.916. The number of likely N-dealkylation sites (tertiary alicyclic amines) is 2. The molecule has 30 heavy (non-hydrogen) atoms. The van der Waals surface area contributed by atoms with Gasteiger partial charge in [-0.05, 0) is 50.7 Å². The van der Waals surface area contributed by atoms with Crippen molar-refractivity contribution >= 4 is 0 Å². The van der Waals surface area contributed by atoms with Crippen molar-refractivity contribution in [3.8, 4) is 11.5 Å². The smallest absolute Gasteiger partial charge is 0.137 e. The number of hydrogen-bond donors (Lipinski definition) is 2. The first-order valence-corrected chi connectivity index (χ1v) is 11.7. The normalized spacial score (nSPS) is 22.8. The largest absolute Gasteiger partial charge is 0.491 e. The Morgan fingerprint density at radius 1 is 0.733 bits per heavy atom. The van der Waals surface area contributed by atoms with Gasteiger partial charge in [0.05, 0.1) is 40.3 Å². The molecule has 2 atom stereocenters. The van der Waals surface area contributed by atoms with Crippen LogP contribution in [0.2, 0.25) is 0 Å². The summed E-state index contributed by atoms with van der Waals surface area (Å²) < 4.78 is 13.5. The Hall–Kier alpha value is -1.34. The van der Waals surface area contributed by atoms with Gasteiger partial charge in [0.15, 0.2) is 0 Å². The lowest BCUT2D eigenvalue weighted by Gasteiger charge is -2.39. The van der Waals surface area contributed by atoms with Crippen LogP contribution in [0.3, 0.4) is 0 Å². The fourth-order valence-corrected chi connectivity index (χ4v) is 5.08. The number of ether oxygens (including phenoxy) is 2. The molecule has 3 rings (SSSR count). The minimum absolute atomic E-state index is 0.287. The van der Waals surface area contributed by atoms with Crippen LogP contribution in [0, 0.1) is 0 Å². The number of nitrogens with zero attached hydrogens (tertiary/aromatic N) is 2. The lowest BCUT2D eigenvalue weighted by atomic mass is 10.1. The Bertz CT molecular complexity index is 591. The van der Waals surface area contributed by atoms with Crippen molar-refractivity contribution in [3.63, 3.8) is 0 Å². The molecule has 2 unspecified atom stereocenters. The van der Waals surface area contributed by atoms with Gasteiger partial charge in [-0.25, -0.2) is 0 Å². The van der Waals surface area contributed by atoms with Crippen LogP contribution in [0.4, 0.5) is 0 Å². The van der Waals surface area contributed by atoms with Crippen LogP contribution in [-0.2, 0) is 0 Å². The Balaban J connectivity index is 1.41. The average Bonchev–Trinajstić information content (AvgIpc) is 2.71. The number of aliphatic hydroxyl groups excluding tert-OH is 2. The van der Waals surface area contributed by atoms with Gasteiger partial charge in [-0.2, -0.15) is 0 Å². The molecule has 2 saturated heterocycles. The topological polar surface area (TPSA) is 58.9 Å². The third kappa shape index (κ3) is 7.41. The molecule has 0 radical (unpaired) electrons. The Morgan fingerprint density at radius 3 is 1.53 bits per heavy atom. The Kier molecular flexibility index (Phi) is 8.40. The van der Waals surface area contributed by atoms with Gasteiger partial charge < -0.3 is 28.7 Å². The van der Waals surface area contributed by atoms with Gasteiger partial charge in [0, 0.05) is 6.07 Å². The van der Waals surface area contributed by atoms with E-state index >= 15 is 0 Å². The zero-order valence-electron chi connectivity index (χ0n) is 19.0. The highest BCUT2D eigenvalue weighted by Crippen LogP contribution is 2.22. The van der Waals surface area contributed by atoms with E-state index in [1.807, 2.05) is 24.3 Å². The van der Waals surface area contributed by atoms with Gasteiger partial charge in [-0.15, -0.1) is 0 Å². The fraction of sp³-hybridized carbons (Fsp3) is 0.750. The summed E-state index contributed by atoms with van der Waals surface area (Å²) in [4.78, 5) is 0. The van der Waals surface area contributed by atoms with Crippen molar-refractivity contribution < 1.29 is 28.7 Å². The molecule has 2 heterocycles. The molecule has 2 fully saturated rings. The highest BCUT2D eigenvalue weighted by Gasteiger charge is 2.29. The molecule has 0 bridgehead atoms. The molecule has 0 aromatic heterocycles. The molecule has 170 valence electrons. The zero-order valence-corrected chi connectivity index (χ0v) is 19.0. The first-order valence-electron chi connectivity index (χ1n) is 11.7. The molecule has 6 nitrogen and oxygen atoms in total. The molecule has 6 heteroatoms. The predicted octanol–water partition coefficient (Wildman–Crippen LogP) is 2.43. The fourth-order valence-electron chi connectivity index (χ4n) is 5.08. The molecular formula is C24H42N2O4+2. The summed E-state index contributed by atoms with van der Waals surface area (Å²) in [6.07, 6.45) is 6.63. The van der Waals surface area contributed by atoms with E-state index in [0.717, 1.165) is 48.2 Å². The van der Waals surface area contributed by atoms with Crippen molar-refractivity contribution in [2.24, 2.45) is 0 Å². The first-order chi connectivity index (χ1) is 14.4. The van der Waals surface area contributed by atoms with E-state index in [2.05, 4.69) is 14.1 Å². The first kappa shape index (κ1) is 23.3. The zero-order chi connectivity index (χ0) is 21.5. The highest BCUT2D eigenvalue weighted by atomic mass is 16.5. The summed E-state index contributed by atoms with van der Waals surface area (Å²) in [5.74, 6) is 1.38. The number of aliphatic hydroxyl groups is 2. The van der Waals surface area contributed by atoms with Crippen LogP contribution in [0.1, 0.15) is 38.5 Å². The van der Waals surface area contributed by atoms with Gasteiger partial charge in [-0.3, -0.25) is 0 Å². The van der Waals surface area contributed by atoms with Crippen LogP contribution >= 0.6 is 0 Å². The van der Waals surface area contributed by atoms with E-state index in [1.54, 1.807) is 0 Å². The summed E-state index contributed by atoms with van der Waals surface area (Å²) >= 11 is 0. The van der Waals surface area contributed by atoms with E-state index < -0.39 is 12.2 Å². The van der Waals surface area contributed by atoms with Gasteiger partial charge in [0.25, 0.3) is 0 Å². The van der Waals surface area contributed by atoms with E-state index in [0.29, 0.717) is 11.5 Å². The summed E-state index contributed by atoms with van der Waals surface area (Å²) in [5.41, 5.74) is 0. The SMILES string of the molecule is C[N+]1(CC(O)COc2cccc(OCC(O)C[N+]3(C)CCCCC3)c2)CCCCC1. The maximum atomic E-state index is 10.4. The maximum Gasteiger partial charge on any atom is 0.137 e. The van der Waals surface area contributed by atoms with Crippen molar-refractivity contribution in [1.82, 2.24) is 0 Å². The number of likely N-dealkylation sites (N-methyl/N-ethyl adjacent to an activating group) is 2. The van der Waals surface area contributed by atoms with E-state index in [9.17, 15) is 10.2 Å². The molecule has 0 aliphatic carbocycles. The van der Waals surface area contributed by atoms with Gasteiger partial charge in [0.2, 0.25) is 0 Å². The molecule has 1 aromatic carbocycles. The molecule has 2 aliphatic heterocycles. The van der Waals surface area contributed by atoms with E-state index in [1.165, 1.54) is 38.5 Å². The summed E-state index contributed by atoms with van der Waals surface area (Å²) in [7, 11) is 4.46. The second-order valence-electron chi connectivity index (χ2n) is 10.0. The van der Waals surface area contributed by atoms with Gasteiger partial charge in [-0.1, -0.05) is 6.07 Å². The summed E-state index contributed by atoms with van der Waals surface area (Å²) in [6, 6.07) is 7.49. The van der Waals surface area contributed by atoms with Crippen LogP contribution in [0.5, 0.6) is 11.5 Å². The molecule has 2 N–H and O–H groups in total. The second kappa shape index (κ2) is 10.8. The molecule has 1 aromatic rings. The summed E-state index contributed by atoms with van der Waals surface area (Å²) in [6.45, 7) is 6.60. The minimum Gasteiger partial charge on any atom is -0.491 e. The highest BCUT2D eigenvalue weighted by molar-refractivity contribution is 5.32. The third-order valence-corrected chi connectivity index (χ3v) is 6.79. The molecule has 0 spiro atoms. The van der Waals surface area contributed by atoms with Crippen LogP contribution in [0.25, 0.3) is 0 Å². The van der Waals surface area contributed by atoms with Crippen LogP contribution < -0.4 is 9.47 Å². The summed E-state index contributed by atoms with van der Waals surface area (Å²) in [5, 5.41) is 20.9. The average molecular weight is 423 g/mol. The quantitative estimate of drug-likeness (QED) is 0.569. The predicted molar refractivity (Wildman–Crippen MR) is 119 cm³/mol. The second-order valence-corrected chi connectivity index (χ2v) is 10.0. The van der Waals surface area contributed by atoms with E-state index in [4.69, 9.17) is 9.47 Å². The molecule has 0 saturated carbocycles. The van der Waals surface area contributed by atoms with Crippen molar-refractivity contribution in [2.75, 3.05) is 66.6 Å². The van der Waals surface area contributed by atoms with Crippen LogP contribution in [-0.4, -0.2) is 98.0 Å². The Labute approximate surface area is 182 Å². The van der Waals surface area contributed by atoms with Crippen molar-refractivity contribution in [1.29, 1.82) is 0 Å². The maximum absolute atomic E-state index is 10.4. The van der Waals surface area contributed by atoms with Crippen molar-refractivity contribution in [2.45, 2.75) is 50.7 Å². The number of piperidine rings is 2. The third-order valence-electron chi connectivity index (χ3n) is 6.79. The Morgan fingerprint density at radius 2 is 1.13 bits per heavy atom. The number of rotatable bonds is 10. The minimum atomic E-state index is -0.478. The monoisotopic (exact) mass is 422 g/mol. The van der Waals surface area contributed by atoms with E-state index in [-0.39, 0.29) is 13.2 Å². The number of benzene rings is 1. The van der Waals surface area contributed by atoms with Crippen LogP contribution in [0.15, 0.2) is 24.3 Å². The lowest BCUT2D eigenvalue weighted by Crippen LogP contribution is -2.52. The van der Waals surface area contributed by atoms with Gasteiger partial charge >= 0.3 is 0 Å². The number of hydrogen-bond acceptors (Lipinski definition) is 4.